The van der Waals surface area contributed by atoms with E-state index in [0.29, 0.717) is 0 Å². The van der Waals surface area contributed by atoms with E-state index in [1.54, 1.807) is 11.3 Å². The number of amides is 1. The van der Waals surface area contributed by atoms with Crippen LogP contribution in [-0.2, 0) is 9.59 Å². The lowest BCUT2D eigenvalue weighted by Gasteiger charge is -2.21. The highest BCUT2D eigenvalue weighted by Gasteiger charge is 2.47. The van der Waals surface area contributed by atoms with Gasteiger partial charge in [-0.05, 0) is 44.2 Å². The standard InChI is InChI=1S/C13H17NO3S/c1-7-4-5-18-10(7)8-6-9(8)11(15)14-13(2,3)12(16)17/h4-5,8-9H,6H2,1-3H3,(H,14,15)(H,16,17). The first-order valence-electron chi connectivity index (χ1n) is 5.92. The van der Waals surface area contributed by atoms with Crippen molar-refractivity contribution in [2.45, 2.75) is 38.6 Å². The molecule has 1 amide bonds. The number of rotatable bonds is 4. The Morgan fingerprint density at radius 1 is 1.50 bits per heavy atom. The van der Waals surface area contributed by atoms with Crippen LogP contribution in [0.15, 0.2) is 11.4 Å². The zero-order valence-electron chi connectivity index (χ0n) is 10.7. The monoisotopic (exact) mass is 267 g/mol. The van der Waals surface area contributed by atoms with Gasteiger partial charge in [-0.2, -0.15) is 0 Å². The van der Waals surface area contributed by atoms with Crippen molar-refractivity contribution in [2.24, 2.45) is 5.92 Å². The van der Waals surface area contributed by atoms with Gasteiger partial charge in [-0.25, -0.2) is 4.79 Å². The Labute approximate surface area is 110 Å². The number of aliphatic carboxylic acids is 1. The van der Waals surface area contributed by atoms with Crippen molar-refractivity contribution in [3.8, 4) is 0 Å². The van der Waals surface area contributed by atoms with E-state index >= 15 is 0 Å². The Balaban J connectivity index is 1.98. The third kappa shape index (κ3) is 2.41. The van der Waals surface area contributed by atoms with Crippen molar-refractivity contribution in [3.05, 3.63) is 21.9 Å². The second-order valence-corrected chi connectivity index (χ2v) is 6.28. The van der Waals surface area contributed by atoms with E-state index in [4.69, 9.17) is 5.11 Å². The molecule has 0 radical (unpaired) electrons. The SMILES string of the molecule is Cc1ccsc1C1CC1C(=O)NC(C)(C)C(=O)O. The van der Waals surface area contributed by atoms with E-state index < -0.39 is 11.5 Å². The number of carboxylic acids is 1. The molecule has 0 bridgehead atoms. The smallest absolute Gasteiger partial charge is 0.328 e. The average Bonchev–Trinajstić information content (AvgIpc) is 2.94. The van der Waals surface area contributed by atoms with Crippen molar-refractivity contribution in [1.82, 2.24) is 5.32 Å². The van der Waals surface area contributed by atoms with Crippen molar-refractivity contribution in [2.75, 3.05) is 0 Å². The maximum absolute atomic E-state index is 12.0. The van der Waals surface area contributed by atoms with Gasteiger partial charge in [-0.3, -0.25) is 4.79 Å². The highest BCUT2D eigenvalue weighted by atomic mass is 32.1. The van der Waals surface area contributed by atoms with Gasteiger partial charge in [0.05, 0.1) is 0 Å². The van der Waals surface area contributed by atoms with Gasteiger partial charge < -0.3 is 10.4 Å². The number of carboxylic acid groups (broad SMARTS) is 1. The summed E-state index contributed by atoms with van der Waals surface area (Å²) in [6.45, 7) is 5.04. The van der Waals surface area contributed by atoms with E-state index in [9.17, 15) is 9.59 Å². The minimum atomic E-state index is -1.20. The van der Waals surface area contributed by atoms with Crippen LogP contribution in [0.25, 0.3) is 0 Å². The number of carbonyl (C=O) groups excluding carboxylic acids is 1. The molecule has 98 valence electrons. The normalized spacial score (nSPS) is 22.6. The molecule has 2 rings (SSSR count). The molecule has 2 atom stereocenters. The number of carbonyl (C=O) groups is 2. The minimum Gasteiger partial charge on any atom is -0.480 e. The molecular weight excluding hydrogens is 250 g/mol. The van der Waals surface area contributed by atoms with Crippen LogP contribution in [0.4, 0.5) is 0 Å². The van der Waals surface area contributed by atoms with E-state index in [2.05, 4.69) is 11.4 Å². The van der Waals surface area contributed by atoms with Crippen LogP contribution < -0.4 is 5.32 Å². The number of hydrogen-bond acceptors (Lipinski definition) is 3. The van der Waals surface area contributed by atoms with Crippen molar-refractivity contribution >= 4 is 23.2 Å². The number of hydrogen-bond donors (Lipinski definition) is 2. The molecule has 2 unspecified atom stereocenters. The number of nitrogens with one attached hydrogen (secondary N) is 1. The van der Waals surface area contributed by atoms with Gasteiger partial charge >= 0.3 is 5.97 Å². The molecule has 1 aromatic heterocycles. The van der Waals surface area contributed by atoms with E-state index in [0.717, 1.165) is 6.42 Å². The molecule has 1 aliphatic rings. The van der Waals surface area contributed by atoms with Gasteiger partial charge in [0.25, 0.3) is 0 Å². The van der Waals surface area contributed by atoms with Crippen LogP contribution in [0.1, 0.15) is 36.6 Å². The predicted octanol–water partition coefficient (Wildman–Crippen LogP) is 2.14. The highest BCUT2D eigenvalue weighted by molar-refractivity contribution is 7.10. The second-order valence-electron chi connectivity index (χ2n) is 5.34. The van der Waals surface area contributed by atoms with Crippen LogP contribution >= 0.6 is 11.3 Å². The maximum atomic E-state index is 12.0. The lowest BCUT2D eigenvalue weighted by Crippen LogP contribution is -2.50. The van der Waals surface area contributed by atoms with Gasteiger partial charge in [0.1, 0.15) is 5.54 Å². The Morgan fingerprint density at radius 2 is 2.17 bits per heavy atom. The van der Waals surface area contributed by atoms with Crippen LogP contribution in [0.5, 0.6) is 0 Å². The molecule has 0 aliphatic heterocycles. The predicted molar refractivity (Wildman–Crippen MR) is 69.8 cm³/mol. The quantitative estimate of drug-likeness (QED) is 0.878. The molecule has 1 heterocycles. The fraction of sp³-hybridized carbons (Fsp3) is 0.538. The summed E-state index contributed by atoms with van der Waals surface area (Å²) in [5.74, 6) is -0.962. The van der Waals surface area contributed by atoms with Gasteiger partial charge in [0.15, 0.2) is 0 Å². The molecule has 0 saturated heterocycles. The van der Waals surface area contributed by atoms with Crippen molar-refractivity contribution in [1.29, 1.82) is 0 Å². The van der Waals surface area contributed by atoms with Crippen LogP contribution in [0.2, 0.25) is 0 Å². The van der Waals surface area contributed by atoms with E-state index in [1.165, 1.54) is 24.3 Å². The minimum absolute atomic E-state index is 0.0685. The second kappa shape index (κ2) is 4.39. The zero-order chi connectivity index (χ0) is 13.5. The summed E-state index contributed by atoms with van der Waals surface area (Å²) in [7, 11) is 0. The fourth-order valence-electron chi connectivity index (χ4n) is 1.99. The average molecular weight is 267 g/mol. The Kier molecular flexibility index (Phi) is 3.19. The summed E-state index contributed by atoms with van der Waals surface area (Å²) in [4.78, 5) is 24.2. The fourth-order valence-corrected chi connectivity index (χ4v) is 3.10. The molecule has 1 saturated carbocycles. The molecular formula is C13H17NO3S. The van der Waals surface area contributed by atoms with E-state index in [-0.39, 0.29) is 17.7 Å². The Morgan fingerprint density at radius 3 is 2.67 bits per heavy atom. The van der Waals surface area contributed by atoms with Gasteiger partial charge in [0.2, 0.25) is 5.91 Å². The zero-order valence-corrected chi connectivity index (χ0v) is 11.5. The van der Waals surface area contributed by atoms with Crippen molar-refractivity contribution < 1.29 is 14.7 Å². The Bertz CT molecular complexity index is 492. The first-order chi connectivity index (χ1) is 8.33. The molecule has 1 fully saturated rings. The molecule has 2 N–H and O–H groups in total. The summed E-state index contributed by atoms with van der Waals surface area (Å²) >= 11 is 1.67. The molecule has 0 aromatic carbocycles. The first-order valence-corrected chi connectivity index (χ1v) is 6.80. The van der Waals surface area contributed by atoms with Gasteiger partial charge in [-0.1, -0.05) is 0 Å². The Hall–Kier alpha value is -1.36. The summed E-state index contributed by atoms with van der Waals surface area (Å²) in [5, 5.41) is 13.6. The van der Waals surface area contributed by atoms with E-state index in [1.807, 2.05) is 12.3 Å². The van der Waals surface area contributed by atoms with Gasteiger partial charge in [0, 0.05) is 16.7 Å². The molecule has 1 aliphatic carbocycles. The third-order valence-corrected chi connectivity index (χ3v) is 4.49. The summed E-state index contributed by atoms with van der Waals surface area (Å²) in [5.41, 5.74) is 0.0205. The summed E-state index contributed by atoms with van der Waals surface area (Å²) in [6, 6.07) is 2.05. The molecule has 1 aromatic rings. The largest absolute Gasteiger partial charge is 0.480 e. The van der Waals surface area contributed by atoms with Crippen molar-refractivity contribution in [3.63, 3.8) is 0 Å². The summed E-state index contributed by atoms with van der Waals surface area (Å²) in [6.07, 6.45) is 0.822. The van der Waals surface area contributed by atoms with Crippen LogP contribution in [-0.4, -0.2) is 22.5 Å². The number of aryl methyl sites for hydroxylation is 1. The molecule has 18 heavy (non-hydrogen) atoms. The maximum Gasteiger partial charge on any atom is 0.328 e. The lowest BCUT2D eigenvalue weighted by atomic mass is 10.1. The van der Waals surface area contributed by atoms with Gasteiger partial charge in [-0.15, -0.1) is 11.3 Å². The number of thiophene rings is 1. The topological polar surface area (TPSA) is 66.4 Å². The highest BCUT2D eigenvalue weighted by Crippen LogP contribution is 2.50. The lowest BCUT2D eigenvalue weighted by molar-refractivity contribution is -0.146. The van der Waals surface area contributed by atoms with Crippen LogP contribution in [0.3, 0.4) is 0 Å². The summed E-state index contributed by atoms with van der Waals surface area (Å²) < 4.78 is 0. The third-order valence-electron chi connectivity index (χ3n) is 3.34. The van der Waals surface area contributed by atoms with Crippen LogP contribution in [0, 0.1) is 12.8 Å². The molecule has 5 heteroatoms. The molecule has 0 spiro atoms. The molecule has 4 nitrogen and oxygen atoms in total. The first kappa shape index (κ1) is 13.1.